The van der Waals surface area contributed by atoms with Gasteiger partial charge in [-0.1, -0.05) is 16.9 Å². The smallest absolute Gasteiger partial charge is 0.166 e. The Balaban J connectivity index is 1.91. The van der Waals surface area contributed by atoms with Gasteiger partial charge in [0.15, 0.2) is 11.9 Å². The molecule has 10 heteroatoms. The molecule has 3 heterocycles. The summed E-state index contributed by atoms with van der Waals surface area (Å²) in [6, 6.07) is 0. The third kappa shape index (κ3) is 3.10. The van der Waals surface area contributed by atoms with Crippen LogP contribution in [0, 0.1) is 0 Å². The van der Waals surface area contributed by atoms with Crippen LogP contribution in [0.5, 0.6) is 0 Å². The minimum absolute atomic E-state index is 0.379. The van der Waals surface area contributed by atoms with Gasteiger partial charge in [-0.15, -0.1) is 6.58 Å². The lowest BCUT2D eigenvalue weighted by atomic mass is 10.1. The summed E-state index contributed by atoms with van der Waals surface area (Å²) in [5.74, 6) is 0.770. The van der Waals surface area contributed by atoms with Crippen LogP contribution < -0.4 is 0 Å². The molecular formula is C13H16N4O4S2. The fraction of sp³-hybridized carbons (Fsp3) is 0.462. The Labute approximate surface area is 140 Å². The van der Waals surface area contributed by atoms with Gasteiger partial charge in [0, 0.05) is 5.75 Å². The maximum atomic E-state index is 10.1. The summed E-state index contributed by atoms with van der Waals surface area (Å²) < 4.78 is 7.06. The zero-order valence-electron chi connectivity index (χ0n) is 12.0. The average molecular weight is 356 g/mol. The zero-order chi connectivity index (χ0) is 16.4. The second kappa shape index (κ2) is 7.16. The van der Waals surface area contributed by atoms with Gasteiger partial charge in [0.05, 0.1) is 12.9 Å². The molecule has 2 aromatic heterocycles. The van der Waals surface area contributed by atoms with Crippen LogP contribution in [0.4, 0.5) is 0 Å². The summed E-state index contributed by atoms with van der Waals surface area (Å²) in [5, 5.41) is 29.9. The van der Waals surface area contributed by atoms with Gasteiger partial charge < -0.3 is 20.1 Å². The molecule has 1 fully saturated rings. The minimum Gasteiger partial charge on any atom is -0.394 e. The standard InChI is InChI=1S/C13H16N4O4S2/c1-2-3-22-23-12-8-11(14-5-15-12)17(6-16-8)13-10(20)9(19)7(4-18)21-13/h2,5-7,9-10,13,18-20H,1,3-4H2/t7-,9-,10-,13+/m0/s1. The van der Waals surface area contributed by atoms with Crippen molar-refractivity contribution in [2.24, 2.45) is 0 Å². The second-order valence-corrected chi connectivity index (χ2v) is 7.22. The van der Waals surface area contributed by atoms with Gasteiger partial charge in [-0.2, -0.15) is 0 Å². The van der Waals surface area contributed by atoms with E-state index in [0.717, 1.165) is 5.75 Å². The lowest BCUT2D eigenvalue weighted by Gasteiger charge is -2.16. The van der Waals surface area contributed by atoms with Gasteiger partial charge in [-0.05, 0) is 10.8 Å². The molecule has 0 spiro atoms. The third-order valence-electron chi connectivity index (χ3n) is 3.44. The quantitative estimate of drug-likeness (QED) is 0.292. The van der Waals surface area contributed by atoms with Crippen molar-refractivity contribution in [3.63, 3.8) is 0 Å². The van der Waals surface area contributed by atoms with Crippen molar-refractivity contribution in [2.45, 2.75) is 29.6 Å². The van der Waals surface area contributed by atoms with Crippen molar-refractivity contribution < 1.29 is 20.1 Å². The van der Waals surface area contributed by atoms with Crippen molar-refractivity contribution in [2.75, 3.05) is 12.4 Å². The fourth-order valence-electron chi connectivity index (χ4n) is 2.33. The van der Waals surface area contributed by atoms with Crippen LogP contribution in [0.1, 0.15) is 6.23 Å². The molecule has 0 unspecified atom stereocenters. The van der Waals surface area contributed by atoms with Crippen molar-refractivity contribution in [1.82, 2.24) is 19.5 Å². The zero-order valence-corrected chi connectivity index (χ0v) is 13.7. The lowest BCUT2D eigenvalue weighted by molar-refractivity contribution is -0.0511. The first-order valence-corrected chi connectivity index (χ1v) is 9.19. The highest BCUT2D eigenvalue weighted by molar-refractivity contribution is 8.76. The van der Waals surface area contributed by atoms with Crippen LogP contribution in [0.15, 0.2) is 30.3 Å². The molecule has 0 bridgehead atoms. The average Bonchev–Trinajstić information content (AvgIpc) is 3.11. The Morgan fingerprint density at radius 1 is 1.30 bits per heavy atom. The molecule has 124 valence electrons. The number of fused-ring (bicyclic) bond motifs is 1. The highest BCUT2D eigenvalue weighted by Crippen LogP contribution is 2.35. The summed E-state index contributed by atoms with van der Waals surface area (Å²) in [6.07, 6.45) is 0.660. The van der Waals surface area contributed by atoms with Gasteiger partial charge >= 0.3 is 0 Å². The van der Waals surface area contributed by atoms with E-state index in [-0.39, 0.29) is 6.61 Å². The van der Waals surface area contributed by atoms with Gasteiger partial charge in [0.1, 0.15) is 35.2 Å². The summed E-state index contributed by atoms with van der Waals surface area (Å²) in [5.41, 5.74) is 1.09. The normalized spacial score (nSPS) is 27.6. The van der Waals surface area contributed by atoms with E-state index in [4.69, 9.17) is 4.74 Å². The van der Waals surface area contributed by atoms with E-state index in [1.165, 1.54) is 23.4 Å². The molecule has 0 aromatic carbocycles. The molecule has 3 N–H and O–H groups in total. The van der Waals surface area contributed by atoms with E-state index in [1.54, 1.807) is 21.4 Å². The van der Waals surface area contributed by atoms with Gasteiger partial charge in [-0.25, -0.2) is 15.0 Å². The first-order valence-electron chi connectivity index (χ1n) is 6.87. The van der Waals surface area contributed by atoms with Crippen LogP contribution in [0.25, 0.3) is 11.2 Å². The van der Waals surface area contributed by atoms with E-state index in [1.807, 2.05) is 0 Å². The molecular weight excluding hydrogens is 340 g/mol. The second-order valence-electron chi connectivity index (χ2n) is 4.89. The summed E-state index contributed by atoms with van der Waals surface area (Å²) in [6.45, 7) is 3.29. The van der Waals surface area contributed by atoms with Gasteiger partial charge in [0.2, 0.25) is 0 Å². The number of aliphatic hydroxyl groups excluding tert-OH is 3. The van der Waals surface area contributed by atoms with E-state index >= 15 is 0 Å². The molecule has 1 aliphatic heterocycles. The Kier molecular flexibility index (Phi) is 5.19. The van der Waals surface area contributed by atoms with E-state index < -0.39 is 24.5 Å². The Morgan fingerprint density at radius 2 is 2.13 bits per heavy atom. The lowest BCUT2D eigenvalue weighted by Crippen LogP contribution is -2.33. The van der Waals surface area contributed by atoms with Crippen LogP contribution >= 0.6 is 21.6 Å². The SMILES string of the molecule is C=CCSSc1ncnc2c1ncn2[C@@H]1O[C@@H](CO)[C@H](O)[C@@H]1O. The molecule has 0 radical (unpaired) electrons. The Bertz CT molecular complexity index is 698. The topological polar surface area (TPSA) is 114 Å². The van der Waals surface area contributed by atoms with Crippen LogP contribution in [-0.2, 0) is 4.74 Å². The van der Waals surface area contributed by atoms with E-state index in [0.29, 0.717) is 16.2 Å². The number of hydrogen-bond acceptors (Lipinski definition) is 9. The molecule has 1 aliphatic rings. The Morgan fingerprint density at radius 3 is 2.83 bits per heavy atom. The molecule has 0 saturated carbocycles. The number of ether oxygens (including phenoxy) is 1. The molecule has 4 atom stereocenters. The molecule has 0 aliphatic carbocycles. The number of hydrogen-bond donors (Lipinski definition) is 3. The predicted octanol–water partition coefficient (Wildman–Crippen LogP) is 0.364. The largest absolute Gasteiger partial charge is 0.394 e. The van der Waals surface area contributed by atoms with Crippen molar-refractivity contribution >= 4 is 32.8 Å². The first kappa shape index (κ1) is 16.7. The van der Waals surface area contributed by atoms with Crippen LogP contribution in [-0.4, -0.2) is 65.5 Å². The summed E-state index contributed by atoms with van der Waals surface area (Å²) in [7, 11) is 3.04. The van der Waals surface area contributed by atoms with Gasteiger partial charge in [0.25, 0.3) is 0 Å². The van der Waals surface area contributed by atoms with Crippen molar-refractivity contribution in [1.29, 1.82) is 0 Å². The van der Waals surface area contributed by atoms with Crippen molar-refractivity contribution in [3.05, 3.63) is 25.3 Å². The van der Waals surface area contributed by atoms with E-state index in [2.05, 4.69) is 21.5 Å². The molecule has 23 heavy (non-hydrogen) atoms. The fourth-order valence-corrected chi connectivity index (χ4v) is 4.11. The van der Waals surface area contributed by atoms with Crippen molar-refractivity contribution in [3.8, 4) is 0 Å². The summed E-state index contributed by atoms with van der Waals surface area (Å²) in [4.78, 5) is 12.7. The monoisotopic (exact) mass is 356 g/mol. The van der Waals surface area contributed by atoms with Gasteiger partial charge in [-0.3, -0.25) is 4.57 Å². The number of rotatable bonds is 6. The predicted molar refractivity (Wildman–Crippen MR) is 86.8 cm³/mol. The maximum absolute atomic E-state index is 10.1. The Hall–Kier alpha value is -1.17. The summed E-state index contributed by atoms with van der Waals surface area (Å²) >= 11 is 0. The van der Waals surface area contributed by atoms with E-state index in [9.17, 15) is 15.3 Å². The highest BCUT2D eigenvalue weighted by atomic mass is 33.1. The van der Waals surface area contributed by atoms with Crippen LogP contribution in [0.3, 0.4) is 0 Å². The number of imidazole rings is 1. The van der Waals surface area contributed by atoms with Crippen LogP contribution in [0.2, 0.25) is 0 Å². The maximum Gasteiger partial charge on any atom is 0.166 e. The number of aliphatic hydroxyl groups is 3. The third-order valence-corrected chi connectivity index (χ3v) is 5.62. The number of aromatic nitrogens is 4. The first-order chi connectivity index (χ1) is 11.2. The number of nitrogens with zero attached hydrogens (tertiary/aromatic N) is 4. The molecule has 0 amide bonds. The molecule has 8 nitrogen and oxygen atoms in total. The molecule has 2 aromatic rings. The minimum atomic E-state index is -1.18. The molecule has 1 saturated heterocycles. The molecule has 3 rings (SSSR count). The highest BCUT2D eigenvalue weighted by Gasteiger charge is 2.44.